The Labute approximate surface area is 215 Å². The molecule has 0 radical (unpaired) electrons. The zero-order chi connectivity index (χ0) is 25.5. The average molecular weight is 503 g/mol. The van der Waals surface area contributed by atoms with E-state index in [0.29, 0.717) is 47.1 Å². The third-order valence-electron chi connectivity index (χ3n) is 7.71. The van der Waals surface area contributed by atoms with E-state index in [-0.39, 0.29) is 22.9 Å². The van der Waals surface area contributed by atoms with Gasteiger partial charge in [-0.15, -0.1) is 0 Å². The Hall–Kier alpha value is -3.43. The zero-order valence-corrected chi connectivity index (χ0v) is 21.5. The van der Waals surface area contributed by atoms with Crippen LogP contribution in [0.15, 0.2) is 39.9 Å². The second kappa shape index (κ2) is 9.79. The fourth-order valence-corrected chi connectivity index (χ4v) is 5.72. The fourth-order valence-electron chi connectivity index (χ4n) is 5.72. The second-order valence-electron chi connectivity index (χ2n) is 10.3. The maximum atomic E-state index is 13.3. The van der Waals surface area contributed by atoms with Gasteiger partial charge in [0.15, 0.2) is 5.75 Å². The van der Waals surface area contributed by atoms with Gasteiger partial charge in [0.25, 0.3) is 11.1 Å². The Kier molecular flexibility index (Phi) is 6.34. The Balaban J connectivity index is 1.58. The molecule has 9 nitrogen and oxygen atoms in total. The number of benzene rings is 2. The number of piperidine rings is 1. The SMILES string of the molecule is CCN1CCn2[nH]c3c(cccc3c2=O)-c2nc3c(c(CN4CCCCC4)ccc3[nH]c2=O)O[C@@H](C)C1. The van der Waals surface area contributed by atoms with Gasteiger partial charge in [-0.05, 0) is 51.5 Å². The van der Waals surface area contributed by atoms with Gasteiger partial charge in [0, 0.05) is 30.8 Å². The minimum Gasteiger partial charge on any atom is -0.487 e. The van der Waals surface area contributed by atoms with Crippen LogP contribution < -0.4 is 15.9 Å². The van der Waals surface area contributed by atoms with Crippen molar-refractivity contribution in [1.29, 1.82) is 0 Å². The van der Waals surface area contributed by atoms with Gasteiger partial charge in [-0.3, -0.25) is 29.2 Å². The summed E-state index contributed by atoms with van der Waals surface area (Å²) in [4.78, 5) is 39.1. The van der Waals surface area contributed by atoms with Crippen LogP contribution in [-0.2, 0) is 13.1 Å². The van der Waals surface area contributed by atoms with Crippen LogP contribution in [0.5, 0.6) is 5.75 Å². The van der Waals surface area contributed by atoms with Gasteiger partial charge in [0.2, 0.25) is 0 Å². The van der Waals surface area contributed by atoms with E-state index in [2.05, 4.69) is 39.8 Å². The zero-order valence-electron chi connectivity index (χ0n) is 21.5. The van der Waals surface area contributed by atoms with Crippen LogP contribution in [0, 0.1) is 0 Å². The van der Waals surface area contributed by atoms with Gasteiger partial charge >= 0.3 is 0 Å². The molecule has 4 aromatic rings. The first-order chi connectivity index (χ1) is 18.0. The highest BCUT2D eigenvalue weighted by Crippen LogP contribution is 2.32. The molecule has 0 aliphatic carbocycles. The van der Waals surface area contributed by atoms with E-state index in [1.807, 2.05) is 18.2 Å². The first-order valence-corrected chi connectivity index (χ1v) is 13.4. The van der Waals surface area contributed by atoms with E-state index in [1.165, 1.54) is 19.3 Å². The number of fused-ring (bicyclic) bond motifs is 3. The van der Waals surface area contributed by atoms with Crippen molar-refractivity contribution in [2.75, 3.05) is 32.7 Å². The molecule has 1 fully saturated rings. The van der Waals surface area contributed by atoms with E-state index in [9.17, 15) is 9.59 Å². The summed E-state index contributed by atoms with van der Waals surface area (Å²) in [5.41, 5.74) is 3.53. The molecule has 2 aromatic carbocycles. The number of likely N-dealkylation sites (N-methyl/N-ethyl adjacent to an activating group) is 1. The summed E-state index contributed by atoms with van der Waals surface area (Å²) >= 11 is 0. The first kappa shape index (κ1) is 23.9. The van der Waals surface area contributed by atoms with E-state index in [1.54, 1.807) is 10.7 Å². The van der Waals surface area contributed by atoms with E-state index in [4.69, 9.17) is 9.72 Å². The number of hydrogen-bond donors (Lipinski definition) is 2. The number of rotatable bonds is 3. The van der Waals surface area contributed by atoms with Crippen molar-refractivity contribution in [1.82, 2.24) is 29.5 Å². The molecule has 1 saturated heterocycles. The van der Waals surface area contributed by atoms with Crippen LogP contribution in [0.25, 0.3) is 33.2 Å². The maximum absolute atomic E-state index is 13.3. The summed E-state index contributed by atoms with van der Waals surface area (Å²) in [6.45, 7) is 9.93. The summed E-state index contributed by atoms with van der Waals surface area (Å²) < 4.78 is 8.30. The first-order valence-electron chi connectivity index (χ1n) is 13.4. The minimum absolute atomic E-state index is 0.0891. The average Bonchev–Trinajstić information content (AvgIpc) is 3.23. The second-order valence-corrected chi connectivity index (χ2v) is 10.3. The molecular formula is C28H34N6O3. The Morgan fingerprint density at radius 3 is 2.68 bits per heavy atom. The smallest absolute Gasteiger partial charge is 0.275 e. The van der Waals surface area contributed by atoms with Gasteiger partial charge in [-0.25, -0.2) is 4.98 Å². The fraction of sp³-hybridized carbons (Fsp3) is 0.464. The molecule has 2 aliphatic rings. The molecule has 4 heterocycles. The maximum Gasteiger partial charge on any atom is 0.275 e. The van der Waals surface area contributed by atoms with Crippen molar-refractivity contribution >= 4 is 21.9 Å². The summed E-state index contributed by atoms with van der Waals surface area (Å²) in [7, 11) is 0. The van der Waals surface area contributed by atoms with Crippen LogP contribution in [0.2, 0.25) is 0 Å². The summed E-state index contributed by atoms with van der Waals surface area (Å²) in [5.74, 6) is 0.736. The lowest BCUT2D eigenvalue weighted by Crippen LogP contribution is -2.37. The molecule has 0 amide bonds. The number of likely N-dealkylation sites (tertiary alicyclic amines) is 1. The van der Waals surface area contributed by atoms with Crippen molar-refractivity contribution < 1.29 is 4.74 Å². The largest absolute Gasteiger partial charge is 0.487 e. The van der Waals surface area contributed by atoms with E-state index >= 15 is 0 Å². The molecule has 194 valence electrons. The van der Waals surface area contributed by atoms with Crippen LogP contribution in [0.4, 0.5) is 0 Å². The normalized spacial score (nSPS) is 19.5. The number of ether oxygens (including phenoxy) is 1. The van der Waals surface area contributed by atoms with Gasteiger partial charge < -0.3 is 9.72 Å². The minimum atomic E-state index is -0.291. The van der Waals surface area contributed by atoms with Crippen molar-refractivity contribution in [2.24, 2.45) is 0 Å². The van der Waals surface area contributed by atoms with Crippen molar-refractivity contribution in [2.45, 2.75) is 52.3 Å². The van der Waals surface area contributed by atoms with Gasteiger partial charge in [-0.1, -0.05) is 31.5 Å². The molecule has 2 N–H and O–H groups in total. The lowest BCUT2D eigenvalue weighted by molar-refractivity contribution is 0.143. The topological polar surface area (TPSA) is 99.3 Å². The monoisotopic (exact) mass is 502 g/mol. The quantitative estimate of drug-likeness (QED) is 0.446. The molecule has 2 aliphatic heterocycles. The van der Waals surface area contributed by atoms with E-state index < -0.39 is 0 Å². The number of aromatic amines is 2. The molecule has 2 aromatic heterocycles. The van der Waals surface area contributed by atoms with Crippen LogP contribution in [-0.4, -0.2) is 68.4 Å². The predicted molar refractivity (Wildman–Crippen MR) is 145 cm³/mol. The highest BCUT2D eigenvalue weighted by atomic mass is 16.5. The summed E-state index contributed by atoms with van der Waals surface area (Å²) in [6.07, 6.45) is 3.60. The number of nitrogens with one attached hydrogen (secondary N) is 2. The number of para-hydroxylation sites is 1. The predicted octanol–water partition coefficient (Wildman–Crippen LogP) is 3.32. The highest BCUT2D eigenvalue weighted by Gasteiger charge is 2.23. The molecule has 0 saturated carbocycles. The van der Waals surface area contributed by atoms with Gasteiger partial charge in [-0.2, -0.15) is 0 Å². The Bertz CT molecular complexity index is 1560. The Morgan fingerprint density at radius 2 is 1.86 bits per heavy atom. The van der Waals surface area contributed by atoms with Crippen molar-refractivity contribution in [3.05, 3.63) is 56.6 Å². The lowest BCUT2D eigenvalue weighted by atomic mass is 10.1. The van der Waals surface area contributed by atoms with Crippen molar-refractivity contribution in [3.63, 3.8) is 0 Å². The number of nitrogens with zero attached hydrogens (tertiary/aromatic N) is 4. The van der Waals surface area contributed by atoms with Gasteiger partial charge in [0.05, 0.1) is 23.0 Å². The molecule has 37 heavy (non-hydrogen) atoms. The molecule has 1 atom stereocenters. The third-order valence-corrected chi connectivity index (χ3v) is 7.71. The number of H-pyrrole nitrogens is 2. The molecule has 9 heteroatoms. The highest BCUT2D eigenvalue weighted by molar-refractivity contribution is 5.94. The molecule has 0 unspecified atom stereocenters. The summed E-state index contributed by atoms with van der Waals surface area (Å²) in [6, 6.07) is 9.45. The molecule has 0 spiro atoms. The molecule has 6 rings (SSSR count). The number of hydrogen-bond acceptors (Lipinski definition) is 6. The molecular weight excluding hydrogens is 468 g/mol. The van der Waals surface area contributed by atoms with E-state index in [0.717, 1.165) is 37.5 Å². The lowest BCUT2D eigenvalue weighted by Gasteiger charge is -2.29. The Morgan fingerprint density at radius 1 is 1.03 bits per heavy atom. The molecule has 4 bridgehead atoms. The summed E-state index contributed by atoms with van der Waals surface area (Å²) in [5, 5.41) is 3.82. The third kappa shape index (κ3) is 4.46. The number of aromatic nitrogens is 4. The van der Waals surface area contributed by atoms with Crippen LogP contribution in [0.1, 0.15) is 38.7 Å². The van der Waals surface area contributed by atoms with Crippen LogP contribution in [0.3, 0.4) is 0 Å². The van der Waals surface area contributed by atoms with Gasteiger partial charge in [0.1, 0.15) is 17.3 Å². The standard InChI is InChI=1S/C28H34N6O3/c1-3-32-14-15-34-28(36)21-9-7-8-20(23(21)31-34)24-27(35)29-22-11-10-19(17-33-12-5-4-6-13-33)26(25(22)30-24)37-18(2)16-32/h7-11,18,31H,3-6,12-17H2,1-2H3,(H,29,35)/t18-/m0/s1. The van der Waals surface area contributed by atoms with Crippen molar-refractivity contribution in [3.8, 4) is 17.0 Å². The van der Waals surface area contributed by atoms with Crippen LogP contribution >= 0.6 is 0 Å².